The van der Waals surface area contributed by atoms with E-state index >= 15 is 0 Å². The normalized spacial score (nSPS) is 15.9. The van der Waals surface area contributed by atoms with E-state index < -0.39 is 16.6 Å². The number of hydrogen-bond acceptors (Lipinski definition) is 2. The molecular weight excluding hydrogens is 292 g/mol. The average molecular weight is 331 g/mol. The number of hydrogen-bond donors (Lipinski definition) is 0. The molecule has 0 aliphatic rings. The molecule has 0 aromatic heterocycles. The zero-order valence-electron chi connectivity index (χ0n) is 16.1. The lowest BCUT2D eigenvalue weighted by atomic mass is 10.2. The molecule has 0 saturated heterocycles. The molecule has 0 aromatic carbocycles. The fraction of sp³-hybridized carbons (Fsp3) is 0.882. The van der Waals surface area contributed by atoms with Crippen molar-refractivity contribution in [3.8, 4) is 0 Å². The Kier molecular flexibility index (Phi) is 7.14. The van der Waals surface area contributed by atoms with Gasteiger partial charge in [-0.1, -0.05) is 47.6 Å². The molecule has 0 spiro atoms. The van der Waals surface area contributed by atoms with E-state index in [0.717, 1.165) is 6.42 Å². The van der Waals surface area contributed by atoms with Crippen molar-refractivity contribution in [2.75, 3.05) is 6.61 Å². The topological polar surface area (TPSA) is 18.5 Å². The summed E-state index contributed by atoms with van der Waals surface area (Å²) in [5.74, 6) is 0. The maximum absolute atomic E-state index is 6.52. The summed E-state index contributed by atoms with van der Waals surface area (Å²) in [7, 11) is -3.48. The van der Waals surface area contributed by atoms with Gasteiger partial charge in [0.2, 0.25) is 0 Å². The molecule has 0 amide bonds. The van der Waals surface area contributed by atoms with Gasteiger partial charge in [-0.2, -0.15) is 0 Å². The SMILES string of the molecule is C=CC[C@H](CO[Si](C)(C)C(C)(C)C)O[Si](C)(C)C(C)(C)C. The lowest BCUT2D eigenvalue weighted by Gasteiger charge is -2.41. The van der Waals surface area contributed by atoms with Gasteiger partial charge < -0.3 is 8.85 Å². The van der Waals surface area contributed by atoms with E-state index in [2.05, 4.69) is 74.3 Å². The molecular formula is C17H38O2Si2. The minimum absolute atomic E-state index is 0.137. The molecule has 0 bridgehead atoms. The maximum atomic E-state index is 6.52. The van der Waals surface area contributed by atoms with Gasteiger partial charge in [0, 0.05) is 0 Å². The first-order valence-corrected chi connectivity index (χ1v) is 13.9. The van der Waals surface area contributed by atoms with Crippen molar-refractivity contribution in [2.24, 2.45) is 0 Å². The molecule has 0 heterocycles. The van der Waals surface area contributed by atoms with Crippen LogP contribution in [0.25, 0.3) is 0 Å². The van der Waals surface area contributed by atoms with Gasteiger partial charge in [0.05, 0.1) is 12.7 Å². The molecule has 1 atom stereocenters. The monoisotopic (exact) mass is 330 g/mol. The van der Waals surface area contributed by atoms with E-state index in [1.54, 1.807) is 0 Å². The highest BCUT2D eigenvalue weighted by Gasteiger charge is 2.41. The third kappa shape index (κ3) is 6.39. The first kappa shape index (κ1) is 21.1. The standard InChI is InChI=1S/C17H38O2Si2/c1-12-13-15(19-21(10,11)17(5,6)7)14-18-20(8,9)16(2,3)4/h12,15H,1,13-14H2,2-11H3/t15-/m1/s1. The molecule has 21 heavy (non-hydrogen) atoms. The Morgan fingerprint density at radius 1 is 0.905 bits per heavy atom. The van der Waals surface area contributed by atoms with Crippen LogP contribution in [0.3, 0.4) is 0 Å². The molecule has 0 saturated carbocycles. The third-order valence-electron chi connectivity index (χ3n) is 5.13. The van der Waals surface area contributed by atoms with Crippen molar-refractivity contribution in [1.29, 1.82) is 0 Å². The fourth-order valence-corrected chi connectivity index (χ4v) is 3.83. The Morgan fingerprint density at radius 3 is 1.67 bits per heavy atom. The van der Waals surface area contributed by atoms with Crippen molar-refractivity contribution in [3.05, 3.63) is 12.7 Å². The molecule has 0 unspecified atom stereocenters. The van der Waals surface area contributed by atoms with Gasteiger partial charge in [0.1, 0.15) is 0 Å². The first-order valence-electron chi connectivity index (χ1n) is 8.07. The highest BCUT2D eigenvalue weighted by atomic mass is 28.4. The molecule has 0 aliphatic carbocycles. The molecule has 0 fully saturated rings. The van der Waals surface area contributed by atoms with Gasteiger partial charge in [0.25, 0.3) is 0 Å². The highest BCUT2D eigenvalue weighted by Crippen LogP contribution is 2.39. The van der Waals surface area contributed by atoms with Gasteiger partial charge in [-0.25, -0.2) is 0 Å². The summed E-state index contributed by atoms with van der Waals surface area (Å²) >= 11 is 0. The quantitative estimate of drug-likeness (QED) is 0.422. The fourth-order valence-electron chi connectivity index (χ4n) is 1.45. The van der Waals surface area contributed by atoms with Crippen LogP contribution in [0, 0.1) is 0 Å². The van der Waals surface area contributed by atoms with Gasteiger partial charge in [-0.15, -0.1) is 6.58 Å². The van der Waals surface area contributed by atoms with Crippen molar-refractivity contribution in [2.45, 2.75) is 90.3 Å². The summed E-state index contributed by atoms with van der Waals surface area (Å²) in [5.41, 5.74) is 0. The van der Waals surface area contributed by atoms with E-state index in [0.29, 0.717) is 6.61 Å². The molecule has 4 heteroatoms. The predicted octanol–water partition coefficient (Wildman–Crippen LogP) is 5.97. The lowest BCUT2D eigenvalue weighted by Crippen LogP contribution is -2.47. The van der Waals surface area contributed by atoms with Crippen LogP contribution in [0.1, 0.15) is 48.0 Å². The van der Waals surface area contributed by atoms with Crippen LogP contribution in [0.4, 0.5) is 0 Å². The Balaban J connectivity index is 4.84. The van der Waals surface area contributed by atoms with E-state index in [-0.39, 0.29) is 16.2 Å². The molecule has 0 aliphatic heterocycles. The van der Waals surface area contributed by atoms with Crippen LogP contribution in [0.15, 0.2) is 12.7 Å². The summed E-state index contributed by atoms with van der Waals surface area (Å²) in [5, 5.41) is 0.464. The van der Waals surface area contributed by atoms with Crippen LogP contribution < -0.4 is 0 Å². The van der Waals surface area contributed by atoms with Gasteiger partial charge in [-0.05, 0) is 42.7 Å². The van der Waals surface area contributed by atoms with E-state index in [1.165, 1.54) is 0 Å². The van der Waals surface area contributed by atoms with Crippen molar-refractivity contribution >= 4 is 16.6 Å². The molecule has 0 aromatic rings. The average Bonchev–Trinajstić information content (AvgIpc) is 2.22. The summed E-state index contributed by atoms with van der Waals surface area (Å²) < 4.78 is 12.9. The molecule has 126 valence electrons. The van der Waals surface area contributed by atoms with E-state index in [9.17, 15) is 0 Å². The second kappa shape index (κ2) is 7.11. The van der Waals surface area contributed by atoms with Crippen molar-refractivity contribution in [3.63, 3.8) is 0 Å². The molecule has 0 N–H and O–H groups in total. The maximum Gasteiger partial charge on any atom is 0.192 e. The second-order valence-electron chi connectivity index (χ2n) is 9.10. The Labute approximate surface area is 135 Å². The number of rotatable bonds is 7. The van der Waals surface area contributed by atoms with Crippen LogP contribution in [0.2, 0.25) is 36.3 Å². The van der Waals surface area contributed by atoms with Crippen LogP contribution in [-0.2, 0) is 8.85 Å². The van der Waals surface area contributed by atoms with Crippen LogP contribution in [0.5, 0.6) is 0 Å². The molecule has 0 radical (unpaired) electrons. The Hall–Kier alpha value is 0.0938. The first-order chi connectivity index (χ1) is 9.14. The summed E-state index contributed by atoms with van der Waals surface area (Å²) in [6, 6.07) is 0. The predicted molar refractivity (Wildman–Crippen MR) is 100 cm³/mol. The molecule has 0 rings (SSSR count). The van der Waals surface area contributed by atoms with Gasteiger partial charge in [-0.3, -0.25) is 0 Å². The second-order valence-corrected chi connectivity index (χ2v) is 18.7. The van der Waals surface area contributed by atoms with Crippen LogP contribution in [-0.4, -0.2) is 29.3 Å². The van der Waals surface area contributed by atoms with Crippen LogP contribution >= 0.6 is 0 Å². The Bertz CT molecular complexity index is 336. The summed E-state index contributed by atoms with van der Waals surface area (Å²) in [4.78, 5) is 0. The smallest absolute Gasteiger partial charge is 0.192 e. The minimum Gasteiger partial charge on any atom is -0.414 e. The van der Waals surface area contributed by atoms with E-state index in [1.807, 2.05) is 6.08 Å². The minimum atomic E-state index is -1.76. The summed E-state index contributed by atoms with van der Waals surface area (Å²) in [6.07, 6.45) is 2.95. The van der Waals surface area contributed by atoms with E-state index in [4.69, 9.17) is 8.85 Å². The van der Waals surface area contributed by atoms with Gasteiger partial charge >= 0.3 is 0 Å². The Morgan fingerprint density at radius 2 is 1.33 bits per heavy atom. The highest BCUT2D eigenvalue weighted by molar-refractivity contribution is 6.74. The molecule has 2 nitrogen and oxygen atoms in total. The zero-order valence-corrected chi connectivity index (χ0v) is 18.1. The van der Waals surface area contributed by atoms with Crippen molar-refractivity contribution in [1.82, 2.24) is 0 Å². The summed E-state index contributed by atoms with van der Waals surface area (Å²) in [6.45, 7) is 27.4. The zero-order chi connectivity index (χ0) is 17.1. The van der Waals surface area contributed by atoms with Gasteiger partial charge in [0.15, 0.2) is 16.6 Å². The largest absolute Gasteiger partial charge is 0.414 e. The third-order valence-corrected chi connectivity index (χ3v) is 14.2. The van der Waals surface area contributed by atoms with Crippen molar-refractivity contribution < 1.29 is 8.85 Å². The lowest BCUT2D eigenvalue weighted by molar-refractivity contribution is 0.109.